The Kier molecular flexibility index (Phi) is 6.45. The Bertz CT molecular complexity index is 702. The lowest BCUT2D eigenvalue weighted by Gasteiger charge is -2.31. The van der Waals surface area contributed by atoms with Gasteiger partial charge in [-0.25, -0.2) is 4.39 Å². The van der Waals surface area contributed by atoms with Gasteiger partial charge >= 0.3 is 0 Å². The Balaban J connectivity index is 1.69. The lowest BCUT2D eigenvalue weighted by molar-refractivity contribution is 0.347. The maximum absolute atomic E-state index is 14.4. The van der Waals surface area contributed by atoms with Crippen LogP contribution < -0.4 is 5.43 Å². The molecule has 140 valence electrons. The van der Waals surface area contributed by atoms with Crippen LogP contribution in [-0.2, 0) is 6.42 Å². The number of amidine groups is 1. The van der Waals surface area contributed by atoms with Crippen LogP contribution >= 0.6 is 0 Å². The van der Waals surface area contributed by atoms with Gasteiger partial charge in [0.15, 0.2) is 0 Å². The van der Waals surface area contributed by atoms with Gasteiger partial charge in [-0.2, -0.15) is 0 Å². The third-order valence-electron chi connectivity index (χ3n) is 4.99. The second kappa shape index (κ2) is 8.99. The number of nitrogens with one attached hydrogen (secondary N) is 1. The van der Waals surface area contributed by atoms with Gasteiger partial charge in [0, 0.05) is 12.1 Å². The van der Waals surface area contributed by atoms with Crippen LogP contribution in [0.1, 0.15) is 37.8 Å². The molecule has 0 saturated carbocycles. The zero-order valence-electron chi connectivity index (χ0n) is 15.8. The molecule has 0 atom stereocenters. The molecule has 0 spiro atoms. The van der Waals surface area contributed by atoms with Crippen LogP contribution in [-0.4, -0.2) is 48.5 Å². The molecule has 0 amide bonds. The Labute approximate surface area is 156 Å². The van der Waals surface area contributed by atoms with Gasteiger partial charge in [-0.15, -0.1) is 0 Å². The molecule has 2 aliphatic heterocycles. The molecule has 4 nitrogen and oxygen atoms in total. The summed E-state index contributed by atoms with van der Waals surface area (Å²) in [4.78, 5) is 7.13. The number of rotatable bonds is 6. The summed E-state index contributed by atoms with van der Waals surface area (Å²) in [5.74, 6) is 0.640. The molecular weight excluding hydrogens is 327 g/mol. The maximum Gasteiger partial charge on any atom is 0.139 e. The Morgan fingerprint density at radius 2 is 2.12 bits per heavy atom. The Morgan fingerprint density at radius 1 is 1.31 bits per heavy atom. The van der Waals surface area contributed by atoms with E-state index in [4.69, 9.17) is 0 Å². The molecule has 5 heteroatoms. The Hall–Kier alpha value is -2.14. The van der Waals surface area contributed by atoms with E-state index in [0.717, 1.165) is 36.6 Å². The van der Waals surface area contributed by atoms with E-state index < -0.39 is 0 Å². The first-order chi connectivity index (χ1) is 12.7. The summed E-state index contributed by atoms with van der Waals surface area (Å²) in [5.41, 5.74) is 5.94. The predicted molar refractivity (Wildman–Crippen MR) is 106 cm³/mol. The number of hydrogen-bond donors (Lipinski definition) is 1. The van der Waals surface area contributed by atoms with Crippen molar-refractivity contribution in [2.45, 2.75) is 33.1 Å². The summed E-state index contributed by atoms with van der Waals surface area (Å²) in [6, 6.07) is 5.35. The molecule has 0 unspecified atom stereocenters. The van der Waals surface area contributed by atoms with Crippen molar-refractivity contribution < 1.29 is 4.39 Å². The maximum atomic E-state index is 14.4. The van der Waals surface area contributed by atoms with Crippen molar-refractivity contribution in [1.82, 2.24) is 15.3 Å². The van der Waals surface area contributed by atoms with E-state index in [0.29, 0.717) is 12.1 Å². The number of hydrazine groups is 1. The summed E-state index contributed by atoms with van der Waals surface area (Å²) >= 11 is 0. The van der Waals surface area contributed by atoms with E-state index in [2.05, 4.69) is 28.3 Å². The highest BCUT2D eigenvalue weighted by molar-refractivity contribution is 5.94. The molecule has 0 aliphatic carbocycles. The summed E-state index contributed by atoms with van der Waals surface area (Å²) < 4.78 is 14.4. The van der Waals surface area contributed by atoms with Gasteiger partial charge in [0.2, 0.25) is 0 Å². The summed E-state index contributed by atoms with van der Waals surface area (Å²) in [7, 11) is 0. The fourth-order valence-electron chi connectivity index (χ4n) is 3.50. The molecule has 26 heavy (non-hydrogen) atoms. The lowest BCUT2D eigenvalue weighted by atomic mass is 10.0. The zero-order chi connectivity index (χ0) is 18.4. The number of likely N-dealkylation sites (tertiary alicyclic amines) is 1. The van der Waals surface area contributed by atoms with Crippen molar-refractivity contribution in [2.24, 2.45) is 4.99 Å². The largest absolute Gasteiger partial charge is 0.301 e. The van der Waals surface area contributed by atoms with Gasteiger partial charge in [0.05, 0.1) is 18.8 Å². The fraction of sp³-hybridized carbons (Fsp3) is 0.476. The third kappa shape index (κ3) is 4.52. The molecule has 1 saturated heterocycles. The normalized spacial score (nSPS) is 20.0. The van der Waals surface area contributed by atoms with Crippen molar-refractivity contribution in [2.75, 3.05) is 32.7 Å². The quantitative estimate of drug-likeness (QED) is 0.845. The van der Waals surface area contributed by atoms with Gasteiger partial charge in [0.1, 0.15) is 11.7 Å². The number of hydrogen-bond acceptors (Lipinski definition) is 3. The first kappa shape index (κ1) is 18.6. The number of benzene rings is 1. The lowest BCUT2D eigenvalue weighted by Crippen LogP contribution is -2.43. The second-order valence-electron chi connectivity index (χ2n) is 6.78. The van der Waals surface area contributed by atoms with Crippen LogP contribution in [0.2, 0.25) is 0 Å². The minimum absolute atomic E-state index is 0.195. The Morgan fingerprint density at radius 3 is 2.85 bits per heavy atom. The molecule has 0 radical (unpaired) electrons. The molecule has 3 rings (SSSR count). The number of aryl methyl sites for hydroxylation is 1. The van der Waals surface area contributed by atoms with E-state index in [1.54, 1.807) is 6.07 Å². The van der Waals surface area contributed by atoms with E-state index in [-0.39, 0.29) is 5.82 Å². The molecule has 0 bridgehead atoms. The summed E-state index contributed by atoms with van der Waals surface area (Å²) in [5, 5.41) is 1.96. The molecule has 1 N–H and O–H groups in total. The number of aliphatic imine (C=N–C) groups is 1. The van der Waals surface area contributed by atoms with Crippen molar-refractivity contribution in [3.8, 4) is 0 Å². The zero-order valence-corrected chi connectivity index (χ0v) is 15.8. The van der Waals surface area contributed by atoms with E-state index in [1.807, 2.05) is 36.2 Å². The third-order valence-corrected chi connectivity index (χ3v) is 4.99. The SMILES string of the molecule is C/C=C(/c1cc(CC)ccc1F)N1CC=CC(=NCCN2CCCC2)N1. The average Bonchev–Trinajstić information content (AvgIpc) is 3.18. The number of nitrogens with zero attached hydrogens (tertiary/aromatic N) is 3. The van der Waals surface area contributed by atoms with Crippen molar-refractivity contribution in [3.05, 3.63) is 53.4 Å². The monoisotopic (exact) mass is 356 g/mol. The van der Waals surface area contributed by atoms with E-state index in [1.165, 1.54) is 25.9 Å². The average molecular weight is 356 g/mol. The van der Waals surface area contributed by atoms with Crippen LogP contribution in [0.5, 0.6) is 0 Å². The highest BCUT2D eigenvalue weighted by atomic mass is 19.1. The highest BCUT2D eigenvalue weighted by Crippen LogP contribution is 2.23. The van der Waals surface area contributed by atoms with Gasteiger partial charge < -0.3 is 4.90 Å². The second-order valence-corrected chi connectivity index (χ2v) is 6.78. The molecule has 1 fully saturated rings. The standard InChI is InChI=1S/C21H29FN4/c1-3-17-9-10-19(22)18(16-17)20(4-2)26-14-7-8-21(24-26)23-11-15-25-12-5-6-13-25/h4,7-10,16H,3,5-6,11-15H2,1-2H3,(H,23,24)/b20-4-. The number of halogens is 1. The molecule has 2 aliphatic rings. The van der Waals surface area contributed by atoms with E-state index in [9.17, 15) is 4.39 Å². The van der Waals surface area contributed by atoms with Crippen LogP contribution in [0.25, 0.3) is 5.70 Å². The van der Waals surface area contributed by atoms with Gasteiger partial charge in [-0.05, 0) is 63.0 Å². The van der Waals surface area contributed by atoms with Crippen molar-refractivity contribution >= 4 is 11.5 Å². The number of allylic oxidation sites excluding steroid dienone is 1. The summed E-state index contributed by atoms with van der Waals surface area (Å²) in [6.45, 7) is 8.87. The van der Waals surface area contributed by atoms with E-state index >= 15 is 0 Å². The predicted octanol–water partition coefficient (Wildman–Crippen LogP) is 3.62. The van der Waals surface area contributed by atoms with Gasteiger partial charge in [-0.3, -0.25) is 15.4 Å². The summed E-state index contributed by atoms with van der Waals surface area (Å²) in [6.07, 6.45) is 9.51. The minimum Gasteiger partial charge on any atom is -0.301 e. The van der Waals surface area contributed by atoms with Crippen molar-refractivity contribution in [3.63, 3.8) is 0 Å². The van der Waals surface area contributed by atoms with Gasteiger partial charge in [0.25, 0.3) is 0 Å². The fourth-order valence-corrected chi connectivity index (χ4v) is 3.50. The first-order valence-corrected chi connectivity index (χ1v) is 9.64. The smallest absolute Gasteiger partial charge is 0.139 e. The molecule has 1 aromatic carbocycles. The van der Waals surface area contributed by atoms with Crippen LogP contribution in [0.15, 0.2) is 41.4 Å². The molecule has 0 aromatic heterocycles. The van der Waals surface area contributed by atoms with Crippen molar-refractivity contribution in [1.29, 1.82) is 0 Å². The van der Waals surface area contributed by atoms with Crippen LogP contribution in [0.4, 0.5) is 4.39 Å². The van der Waals surface area contributed by atoms with Gasteiger partial charge in [-0.1, -0.05) is 25.1 Å². The van der Waals surface area contributed by atoms with Crippen LogP contribution in [0, 0.1) is 5.82 Å². The minimum atomic E-state index is -0.195. The molecule has 1 aromatic rings. The van der Waals surface area contributed by atoms with Crippen LogP contribution in [0.3, 0.4) is 0 Å². The molecule has 2 heterocycles. The molecular formula is C21H29FN4. The topological polar surface area (TPSA) is 30.9 Å². The first-order valence-electron chi connectivity index (χ1n) is 9.64. The highest BCUT2D eigenvalue weighted by Gasteiger charge is 2.18.